The number of anilines is 1. The van der Waals surface area contributed by atoms with Crippen molar-refractivity contribution in [3.63, 3.8) is 0 Å². The van der Waals surface area contributed by atoms with Crippen molar-refractivity contribution >= 4 is 27.6 Å². The summed E-state index contributed by atoms with van der Waals surface area (Å²) in [6.07, 6.45) is 2.80. The van der Waals surface area contributed by atoms with Gasteiger partial charge in [-0.15, -0.1) is 0 Å². The number of carboxylic acid groups (broad SMARTS) is 1. The molecule has 1 aromatic rings. The minimum absolute atomic E-state index is 0.221. The van der Waals surface area contributed by atoms with E-state index in [2.05, 4.69) is 34.2 Å². The van der Waals surface area contributed by atoms with Crippen LogP contribution in [0.4, 0.5) is 5.69 Å². The molecule has 0 radical (unpaired) electrons. The minimum atomic E-state index is -0.741. The molecule has 1 unspecified atom stereocenters. The zero-order chi connectivity index (χ0) is 15.0. The SMILES string of the molecule is CCC(CCNc1cccc(Br)c1C#N)CCC(=O)O. The molecule has 1 atom stereocenters. The second-order valence-electron chi connectivity index (χ2n) is 4.70. The van der Waals surface area contributed by atoms with E-state index in [1.807, 2.05) is 18.2 Å². The van der Waals surface area contributed by atoms with Gasteiger partial charge in [0.25, 0.3) is 0 Å². The molecule has 0 saturated heterocycles. The maximum absolute atomic E-state index is 10.6. The van der Waals surface area contributed by atoms with E-state index >= 15 is 0 Å². The second kappa shape index (κ2) is 8.60. The summed E-state index contributed by atoms with van der Waals surface area (Å²) >= 11 is 3.35. The Bertz CT molecular complexity index is 497. The van der Waals surface area contributed by atoms with Crippen molar-refractivity contribution in [2.45, 2.75) is 32.6 Å². The first-order chi connectivity index (χ1) is 9.58. The second-order valence-corrected chi connectivity index (χ2v) is 5.55. The van der Waals surface area contributed by atoms with Crippen LogP contribution in [-0.2, 0) is 4.79 Å². The Morgan fingerprint density at radius 2 is 2.25 bits per heavy atom. The van der Waals surface area contributed by atoms with E-state index in [4.69, 9.17) is 10.4 Å². The summed E-state index contributed by atoms with van der Waals surface area (Å²) < 4.78 is 0.780. The summed E-state index contributed by atoms with van der Waals surface area (Å²) in [6.45, 7) is 2.82. The predicted molar refractivity (Wildman–Crippen MR) is 82.6 cm³/mol. The topological polar surface area (TPSA) is 73.1 Å². The standard InChI is InChI=1S/C15H19BrN2O2/c1-2-11(6-7-15(19)20)8-9-18-14-5-3-4-13(16)12(14)10-17/h3-5,11,18H,2,6-9H2,1H3,(H,19,20). The lowest BCUT2D eigenvalue weighted by atomic mass is 9.96. The minimum Gasteiger partial charge on any atom is -0.481 e. The molecule has 0 aliphatic heterocycles. The van der Waals surface area contributed by atoms with Gasteiger partial charge in [0, 0.05) is 17.4 Å². The van der Waals surface area contributed by atoms with Gasteiger partial charge in [-0.1, -0.05) is 19.4 Å². The van der Waals surface area contributed by atoms with E-state index in [1.165, 1.54) is 0 Å². The number of carboxylic acids is 1. The van der Waals surface area contributed by atoms with Gasteiger partial charge in [0.1, 0.15) is 6.07 Å². The van der Waals surface area contributed by atoms with Crippen LogP contribution in [0.15, 0.2) is 22.7 Å². The van der Waals surface area contributed by atoms with E-state index < -0.39 is 5.97 Å². The van der Waals surface area contributed by atoms with Crippen molar-refractivity contribution in [3.8, 4) is 6.07 Å². The van der Waals surface area contributed by atoms with Crippen molar-refractivity contribution in [2.75, 3.05) is 11.9 Å². The first-order valence-corrected chi connectivity index (χ1v) is 7.52. The molecule has 0 saturated carbocycles. The highest BCUT2D eigenvalue weighted by molar-refractivity contribution is 9.10. The molecule has 0 aliphatic rings. The van der Waals surface area contributed by atoms with Crippen LogP contribution in [-0.4, -0.2) is 17.6 Å². The quantitative estimate of drug-likeness (QED) is 0.750. The van der Waals surface area contributed by atoms with Crippen LogP contribution in [0, 0.1) is 17.2 Å². The summed E-state index contributed by atoms with van der Waals surface area (Å²) in [7, 11) is 0. The van der Waals surface area contributed by atoms with Crippen LogP contribution in [0.25, 0.3) is 0 Å². The van der Waals surface area contributed by atoms with E-state index in [0.29, 0.717) is 17.9 Å². The monoisotopic (exact) mass is 338 g/mol. The van der Waals surface area contributed by atoms with Crippen LogP contribution in [0.1, 0.15) is 38.2 Å². The van der Waals surface area contributed by atoms with Crippen LogP contribution < -0.4 is 5.32 Å². The Morgan fingerprint density at radius 3 is 2.85 bits per heavy atom. The smallest absolute Gasteiger partial charge is 0.303 e. The average molecular weight is 339 g/mol. The third-order valence-electron chi connectivity index (χ3n) is 3.34. The molecule has 1 rings (SSSR count). The van der Waals surface area contributed by atoms with Crippen molar-refractivity contribution in [1.82, 2.24) is 0 Å². The summed E-state index contributed by atoms with van der Waals surface area (Å²) in [4.78, 5) is 10.6. The molecule has 0 aromatic heterocycles. The maximum atomic E-state index is 10.6. The average Bonchev–Trinajstić information content (AvgIpc) is 2.42. The van der Waals surface area contributed by atoms with Gasteiger partial charge < -0.3 is 10.4 Å². The fourth-order valence-corrected chi connectivity index (χ4v) is 2.53. The van der Waals surface area contributed by atoms with E-state index in [1.54, 1.807) is 0 Å². The molecule has 0 bridgehead atoms. The maximum Gasteiger partial charge on any atom is 0.303 e. The number of halogens is 1. The molecule has 0 fully saturated rings. The highest BCUT2D eigenvalue weighted by Gasteiger charge is 2.10. The molecule has 0 heterocycles. The number of nitrogens with zero attached hydrogens (tertiary/aromatic N) is 1. The Balaban J connectivity index is 2.49. The van der Waals surface area contributed by atoms with Crippen molar-refractivity contribution in [1.29, 1.82) is 5.26 Å². The van der Waals surface area contributed by atoms with Crippen molar-refractivity contribution < 1.29 is 9.90 Å². The van der Waals surface area contributed by atoms with Crippen LogP contribution in [0.5, 0.6) is 0 Å². The fraction of sp³-hybridized carbons (Fsp3) is 0.467. The Labute approximate surface area is 127 Å². The van der Waals surface area contributed by atoms with Gasteiger partial charge in [-0.05, 0) is 46.8 Å². The molecule has 108 valence electrons. The lowest BCUT2D eigenvalue weighted by Crippen LogP contribution is -2.11. The third-order valence-corrected chi connectivity index (χ3v) is 4.00. The van der Waals surface area contributed by atoms with Crippen LogP contribution in [0.2, 0.25) is 0 Å². The van der Waals surface area contributed by atoms with E-state index in [-0.39, 0.29) is 6.42 Å². The largest absolute Gasteiger partial charge is 0.481 e. The van der Waals surface area contributed by atoms with Gasteiger partial charge in [-0.2, -0.15) is 5.26 Å². The van der Waals surface area contributed by atoms with E-state index in [0.717, 1.165) is 29.5 Å². The van der Waals surface area contributed by atoms with E-state index in [9.17, 15) is 4.79 Å². The van der Waals surface area contributed by atoms with Gasteiger partial charge in [-0.3, -0.25) is 4.79 Å². The zero-order valence-electron chi connectivity index (χ0n) is 11.5. The number of hydrogen-bond donors (Lipinski definition) is 2. The highest BCUT2D eigenvalue weighted by Crippen LogP contribution is 2.24. The molecule has 0 spiro atoms. The zero-order valence-corrected chi connectivity index (χ0v) is 13.1. The number of hydrogen-bond acceptors (Lipinski definition) is 3. The molecule has 4 nitrogen and oxygen atoms in total. The van der Waals surface area contributed by atoms with Crippen LogP contribution >= 0.6 is 15.9 Å². The fourth-order valence-electron chi connectivity index (χ4n) is 2.08. The number of nitrogens with one attached hydrogen (secondary N) is 1. The lowest BCUT2D eigenvalue weighted by Gasteiger charge is -2.15. The molecule has 1 aromatic carbocycles. The summed E-state index contributed by atoms with van der Waals surface area (Å²) in [5.74, 6) is -0.341. The number of rotatable bonds is 8. The molecule has 20 heavy (non-hydrogen) atoms. The third kappa shape index (κ3) is 5.22. The Morgan fingerprint density at radius 1 is 1.50 bits per heavy atom. The van der Waals surface area contributed by atoms with Gasteiger partial charge in [0.05, 0.1) is 11.3 Å². The van der Waals surface area contributed by atoms with Gasteiger partial charge in [-0.25, -0.2) is 0 Å². The number of benzene rings is 1. The molecule has 2 N–H and O–H groups in total. The lowest BCUT2D eigenvalue weighted by molar-refractivity contribution is -0.137. The summed E-state index contributed by atoms with van der Waals surface area (Å²) in [6, 6.07) is 7.77. The molecule has 0 amide bonds. The normalized spacial score (nSPS) is 11.7. The first kappa shape index (κ1) is 16.5. The summed E-state index contributed by atoms with van der Waals surface area (Å²) in [5, 5.41) is 21.1. The van der Waals surface area contributed by atoms with Gasteiger partial charge in [0.2, 0.25) is 0 Å². The molecule has 0 aliphatic carbocycles. The Hall–Kier alpha value is -1.54. The predicted octanol–water partition coefficient (Wildman–Crippen LogP) is 4.01. The van der Waals surface area contributed by atoms with Crippen molar-refractivity contribution in [3.05, 3.63) is 28.2 Å². The number of carbonyl (C=O) groups is 1. The number of aliphatic carboxylic acids is 1. The summed E-state index contributed by atoms with van der Waals surface area (Å²) in [5.41, 5.74) is 1.42. The van der Waals surface area contributed by atoms with Crippen LogP contribution in [0.3, 0.4) is 0 Å². The highest BCUT2D eigenvalue weighted by atomic mass is 79.9. The van der Waals surface area contributed by atoms with Gasteiger partial charge in [0.15, 0.2) is 0 Å². The molecular weight excluding hydrogens is 320 g/mol. The van der Waals surface area contributed by atoms with Crippen molar-refractivity contribution in [2.24, 2.45) is 5.92 Å². The Kier molecular flexibility index (Phi) is 7.10. The first-order valence-electron chi connectivity index (χ1n) is 6.72. The number of nitriles is 1. The molecular formula is C15H19BrN2O2. The molecule has 5 heteroatoms. The van der Waals surface area contributed by atoms with Gasteiger partial charge >= 0.3 is 5.97 Å².